The molecular weight excluding hydrogens is 350 g/mol. The molecule has 0 saturated carbocycles. The molecule has 0 aliphatic carbocycles. The lowest BCUT2D eigenvalue weighted by molar-refractivity contribution is 0.281. The van der Waals surface area contributed by atoms with Gasteiger partial charge in [0, 0.05) is 24.3 Å². The van der Waals surface area contributed by atoms with Crippen LogP contribution in [-0.2, 0) is 0 Å². The van der Waals surface area contributed by atoms with Crippen LogP contribution in [0.25, 0.3) is 11.1 Å². The number of aliphatic hydroxyl groups is 2. The summed E-state index contributed by atoms with van der Waals surface area (Å²) in [4.78, 5) is 1.99. The first-order valence-corrected chi connectivity index (χ1v) is 9.37. The molecular formula is C23H25N3O2. The van der Waals surface area contributed by atoms with Crippen molar-refractivity contribution in [2.24, 2.45) is 10.2 Å². The molecule has 0 amide bonds. The van der Waals surface area contributed by atoms with Gasteiger partial charge in [-0.05, 0) is 42.3 Å². The normalized spacial score (nSPS) is 11.1. The smallest absolute Gasteiger partial charge is 0.0893 e. The van der Waals surface area contributed by atoms with E-state index in [1.54, 1.807) is 0 Å². The molecule has 5 nitrogen and oxygen atoms in total. The van der Waals surface area contributed by atoms with Gasteiger partial charge in [0.05, 0.1) is 24.6 Å². The van der Waals surface area contributed by atoms with Crippen LogP contribution in [0.15, 0.2) is 83.0 Å². The van der Waals surface area contributed by atoms with Crippen LogP contribution < -0.4 is 4.90 Å². The zero-order valence-corrected chi connectivity index (χ0v) is 16.0. The highest BCUT2D eigenvalue weighted by Crippen LogP contribution is 2.39. The largest absolute Gasteiger partial charge is 0.395 e. The van der Waals surface area contributed by atoms with E-state index in [4.69, 9.17) is 0 Å². The van der Waals surface area contributed by atoms with Gasteiger partial charge in [-0.25, -0.2) is 0 Å². The van der Waals surface area contributed by atoms with Gasteiger partial charge in [0.15, 0.2) is 0 Å². The highest BCUT2D eigenvalue weighted by molar-refractivity contribution is 5.85. The Morgan fingerprint density at radius 3 is 1.96 bits per heavy atom. The lowest BCUT2D eigenvalue weighted by Crippen LogP contribution is -2.30. The van der Waals surface area contributed by atoms with Crippen molar-refractivity contribution < 1.29 is 10.2 Å². The molecule has 28 heavy (non-hydrogen) atoms. The Bertz CT molecular complexity index is 906. The van der Waals surface area contributed by atoms with Crippen molar-refractivity contribution in [3.8, 4) is 11.1 Å². The Labute approximate surface area is 165 Å². The van der Waals surface area contributed by atoms with Gasteiger partial charge in [-0.2, -0.15) is 10.2 Å². The molecule has 3 rings (SSSR count). The van der Waals surface area contributed by atoms with Crippen LogP contribution in [0.5, 0.6) is 0 Å². The second-order valence-corrected chi connectivity index (χ2v) is 6.44. The predicted octanol–water partition coefficient (Wildman–Crippen LogP) is 4.87. The van der Waals surface area contributed by atoms with Crippen LogP contribution in [0, 0.1) is 6.92 Å². The van der Waals surface area contributed by atoms with Gasteiger partial charge in [0.2, 0.25) is 0 Å². The fraction of sp³-hybridized carbons (Fsp3) is 0.217. The molecule has 0 unspecified atom stereocenters. The molecule has 0 atom stereocenters. The average Bonchev–Trinajstić information content (AvgIpc) is 2.74. The number of nitrogens with zero attached hydrogens (tertiary/aromatic N) is 3. The second kappa shape index (κ2) is 9.78. The quantitative estimate of drug-likeness (QED) is 0.552. The number of aliphatic hydroxyl groups excluding tert-OH is 2. The third-order valence-electron chi connectivity index (χ3n) is 4.59. The summed E-state index contributed by atoms with van der Waals surface area (Å²) in [5.41, 5.74) is 5.66. The molecule has 0 fully saturated rings. The summed E-state index contributed by atoms with van der Waals surface area (Å²) in [5.74, 6) is 0. The first kappa shape index (κ1) is 19.7. The van der Waals surface area contributed by atoms with Crippen molar-refractivity contribution in [2.45, 2.75) is 6.92 Å². The van der Waals surface area contributed by atoms with Crippen molar-refractivity contribution >= 4 is 17.1 Å². The summed E-state index contributed by atoms with van der Waals surface area (Å²) >= 11 is 0. The van der Waals surface area contributed by atoms with Crippen molar-refractivity contribution in [2.75, 3.05) is 31.2 Å². The Morgan fingerprint density at radius 1 is 0.750 bits per heavy atom. The van der Waals surface area contributed by atoms with E-state index in [1.807, 2.05) is 72.5 Å². The average molecular weight is 375 g/mol. The predicted molar refractivity (Wildman–Crippen MR) is 114 cm³/mol. The van der Waals surface area contributed by atoms with E-state index in [0.29, 0.717) is 13.1 Å². The molecule has 3 aromatic carbocycles. The van der Waals surface area contributed by atoms with Gasteiger partial charge in [-0.15, -0.1) is 0 Å². The standard InChI is InChI=1S/C23H25N3O2/c1-18-21(25-24-20-10-6-3-7-11-20)12-13-22(26(14-16-27)15-17-28)23(18)19-8-4-2-5-9-19/h2-13,27-28H,14-17H2,1H3. The van der Waals surface area contributed by atoms with Crippen LogP contribution in [0.4, 0.5) is 17.1 Å². The van der Waals surface area contributed by atoms with Crippen molar-refractivity contribution in [1.82, 2.24) is 0 Å². The monoisotopic (exact) mass is 375 g/mol. The van der Waals surface area contributed by atoms with Crippen molar-refractivity contribution in [1.29, 1.82) is 0 Å². The molecule has 0 aliphatic rings. The lowest BCUT2D eigenvalue weighted by atomic mass is 9.96. The minimum absolute atomic E-state index is 0.0166. The van der Waals surface area contributed by atoms with E-state index in [1.165, 1.54) is 0 Å². The third-order valence-corrected chi connectivity index (χ3v) is 4.59. The van der Waals surface area contributed by atoms with Gasteiger partial charge in [0.25, 0.3) is 0 Å². The highest BCUT2D eigenvalue weighted by atomic mass is 16.3. The number of anilines is 1. The molecule has 0 saturated heterocycles. The molecule has 5 heteroatoms. The Balaban J connectivity index is 2.09. The van der Waals surface area contributed by atoms with E-state index < -0.39 is 0 Å². The fourth-order valence-corrected chi connectivity index (χ4v) is 3.23. The van der Waals surface area contributed by atoms with Crippen LogP contribution in [-0.4, -0.2) is 36.5 Å². The van der Waals surface area contributed by atoms with Crippen LogP contribution in [0.1, 0.15) is 5.56 Å². The first-order valence-electron chi connectivity index (χ1n) is 9.37. The highest BCUT2D eigenvalue weighted by Gasteiger charge is 2.17. The summed E-state index contributed by atoms with van der Waals surface area (Å²) in [5, 5.41) is 27.7. The first-order chi connectivity index (χ1) is 13.7. The maximum atomic E-state index is 9.46. The topological polar surface area (TPSA) is 68.4 Å². The van der Waals surface area contributed by atoms with Crippen molar-refractivity contribution in [3.63, 3.8) is 0 Å². The molecule has 0 aromatic heterocycles. The van der Waals surface area contributed by atoms with Gasteiger partial charge >= 0.3 is 0 Å². The minimum Gasteiger partial charge on any atom is -0.395 e. The number of hydrogen-bond acceptors (Lipinski definition) is 5. The van der Waals surface area contributed by atoms with E-state index in [0.717, 1.165) is 33.8 Å². The molecule has 3 aromatic rings. The summed E-state index contributed by atoms with van der Waals surface area (Å²) in [7, 11) is 0. The van der Waals surface area contributed by atoms with E-state index >= 15 is 0 Å². The molecule has 0 radical (unpaired) electrons. The summed E-state index contributed by atoms with van der Waals surface area (Å²) in [6.45, 7) is 2.96. The molecule has 0 bridgehead atoms. The molecule has 0 spiro atoms. The maximum absolute atomic E-state index is 9.46. The summed E-state index contributed by atoms with van der Waals surface area (Å²) in [6, 6.07) is 23.7. The van der Waals surface area contributed by atoms with Gasteiger partial charge < -0.3 is 15.1 Å². The molecule has 144 valence electrons. The number of rotatable bonds is 8. The SMILES string of the molecule is Cc1c(N=Nc2ccccc2)ccc(N(CCO)CCO)c1-c1ccccc1. The minimum atomic E-state index is 0.0166. The summed E-state index contributed by atoms with van der Waals surface area (Å²) < 4.78 is 0. The summed E-state index contributed by atoms with van der Waals surface area (Å²) in [6.07, 6.45) is 0. The van der Waals surface area contributed by atoms with Crippen LogP contribution in [0.3, 0.4) is 0 Å². The lowest BCUT2D eigenvalue weighted by Gasteiger charge is -2.27. The zero-order chi connectivity index (χ0) is 19.8. The van der Waals surface area contributed by atoms with Crippen LogP contribution in [0.2, 0.25) is 0 Å². The van der Waals surface area contributed by atoms with Gasteiger partial charge in [-0.3, -0.25) is 0 Å². The Hall–Kier alpha value is -3.02. The number of azo groups is 1. The molecule has 0 heterocycles. The third kappa shape index (κ3) is 4.63. The Kier molecular flexibility index (Phi) is 6.89. The maximum Gasteiger partial charge on any atom is 0.0893 e. The fourth-order valence-electron chi connectivity index (χ4n) is 3.23. The van der Waals surface area contributed by atoms with Gasteiger partial charge in [-0.1, -0.05) is 48.5 Å². The second-order valence-electron chi connectivity index (χ2n) is 6.44. The van der Waals surface area contributed by atoms with Crippen molar-refractivity contribution in [3.05, 3.63) is 78.4 Å². The number of benzene rings is 3. The number of hydrogen-bond donors (Lipinski definition) is 2. The van der Waals surface area contributed by atoms with E-state index in [-0.39, 0.29) is 13.2 Å². The van der Waals surface area contributed by atoms with Gasteiger partial charge in [0.1, 0.15) is 0 Å². The zero-order valence-electron chi connectivity index (χ0n) is 16.0. The van der Waals surface area contributed by atoms with Crippen LogP contribution >= 0.6 is 0 Å². The molecule has 0 aliphatic heterocycles. The van der Waals surface area contributed by atoms with E-state index in [2.05, 4.69) is 22.4 Å². The Morgan fingerprint density at radius 2 is 1.36 bits per heavy atom. The van der Waals surface area contributed by atoms with E-state index in [9.17, 15) is 10.2 Å². The molecule has 2 N–H and O–H groups in total.